The minimum atomic E-state index is -6.44. The van der Waals surface area contributed by atoms with Crippen LogP contribution in [0.15, 0.2) is 0 Å². The van der Waals surface area contributed by atoms with Crippen molar-refractivity contribution in [2.45, 2.75) is 83.2 Å². The van der Waals surface area contributed by atoms with E-state index in [1.807, 2.05) is 20.8 Å². The Morgan fingerprint density at radius 1 is 0.931 bits per heavy atom. The Morgan fingerprint density at radius 2 is 1.45 bits per heavy atom. The van der Waals surface area contributed by atoms with E-state index in [1.165, 1.54) is 0 Å². The standard InChI is InChI=1S/C17H24F8O4/c1-4-6-11(10(2)3)29-13(27)8-5-7-12(26)28-9-15(20,21)17(24,25)16(22,23)14(18)19/h10-11,14H,4-9H2,1-3H3. The molecule has 1 unspecified atom stereocenters. The van der Waals surface area contributed by atoms with E-state index in [-0.39, 0.29) is 24.9 Å². The predicted octanol–water partition coefficient (Wildman–Crippen LogP) is 5.24. The molecule has 0 N–H and O–H groups in total. The van der Waals surface area contributed by atoms with Crippen LogP contribution >= 0.6 is 0 Å². The van der Waals surface area contributed by atoms with E-state index >= 15 is 0 Å². The van der Waals surface area contributed by atoms with E-state index in [9.17, 15) is 44.7 Å². The Kier molecular flexibility index (Phi) is 10.3. The zero-order valence-corrected chi connectivity index (χ0v) is 16.1. The minimum Gasteiger partial charge on any atom is -0.462 e. The van der Waals surface area contributed by atoms with Crippen LogP contribution in [0.25, 0.3) is 0 Å². The number of hydrogen-bond donors (Lipinski definition) is 0. The van der Waals surface area contributed by atoms with Crippen molar-refractivity contribution in [1.82, 2.24) is 0 Å². The highest BCUT2D eigenvalue weighted by Crippen LogP contribution is 2.48. The molecule has 0 aliphatic heterocycles. The number of hydrogen-bond acceptors (Lipinski definition) is 4. The summed E-state index contributed by atoms with van der Waals surface area (Å²) in [5.74, 6) is -20.6. The summed E-state index contributed by atoms with van der Waals surface area (Å²) in [6.07, 6.45) is -5.22. The molecule has 0 bridgehead atoms. The van der Waals surface area contributed by atoms with Gasteiger partial charge >= 0.3 is 36.1 Å². The maximum atomic E-state index is 13.2. The van der Waals surface area contributed by atoms with Gasteiger partial charge in [-0.2, -0.15) is 26.3 Å². The number of alkyl halides is 8. The molecule has 0 aliphatic rings. The molecule has 0 rings (SSSR count). The molecule has 4 nitrogen and oxygen atoms in total. The molecule has 0 saturated heterocycles. The Bertz CT molecular complexity index is 538. The molecule has 12 heteroatoms. The van der Waals surface area contributed by atoms with E-state index in [2.05, 4.69) is 4.74 Å². The zero-order chi connectivity index (χ0) is 23.0. The fraction of sp³-hybridized carbons (Fsp3) is 0.882. The molecule has 1 atom stereocenters. The third-order valence-electron chi connectivity index (χ3n) is 3.93. The normalized spacial score (nSPS) is 14.2. The van der Waals surface area contributed by atoms with Gasteiger partial charge < -0.3 is 9.47 Å². The van der Waals surface area contributed by atoms with Crippen LogP contribution in [0.4, 0.5) is 35.1 Å². The first kappa shape index (κ1) is 27.4. The van der Waals surface area contributed by atoms with Gasteiger partial charge in [0.2, 0.25) is 0 Å². The van der Waals surface area contributed by atoms with Gasteiger partial charge in [0.05, 0.1) is 0 Å². The molecule has 0 aromatic carbocycles. The van der Waals surface area contributed by atoms with Gasteiger partial charge in [0, 0.05) is 12.8 Å². The monoisotopic (exact) mass is 444 g/mol. The predicted molar refractivity (Wildman–Crippen MR) is 85.3 cm³/mol. The lowest BCUT2D eigenvalue weighted by molar-refractivity contribution is -0.344. The third kappa shape index (κ3) is 7.61. The Hall–Kier alpha value is -1.62. The Labute approximate surface area is 162 Å². The molecular formula is C17H24F8O4. The molecule has 0 heterocycles. The molecule has 0 aromatic heterocycles. The van der Waals surface area contributed by atoms with Crippen molar-refractivity contribution in [3.63, 3.8) is 0 Å². The molecule has 0 aromatic rings. The van der Waals surface area contributed by atoms with Crippen LogP contribution in [0.3, 0.4) is 0 Å². The molecule has 0 radical (unpaired) electrons. The maximum absolute atomic E-state index is 13.2. The average molecular weight is 444 g/mol. The third-order valence-corrected chi connectivity index (χ3v) is 3.93. The topological polar surface area (TPSA) is 52.6 Å². The van der Waals surface area contributed by atoms with Crippen molar-refractivity contribution in [1.29, 1.82) is 0 Å². The van der Waals surface area contributed by atoms with Crippen molar-refractivity contribution in [3.8, 4) is 0 Å². The van der Waals surface area contributed by atoms with E-state index in [1.54, 1.807) is 0 Å². The smallest absolute Gasteiger partial charge is 0.381 e. The highest BCUT2D eigenvalue weighted by atomic mass is 19.4. The maximum Gasteiger partial charge on any atom is 0.381 e. The average Bonchev–Trinajstić information content (AvgIpc) is 2.59. The van der Waals surface area contributed by atoms with Gasteiger partial charge in [-0.25, -0.2) is 8.78 Å². The molecule has 0 saturated carbocycles. The fourth-order valence-corrected chi connectivity index (χ4v) is 2.13. The molecule has 0 aliphatic carbocycles. The first-order valence-corrected chi connectivity index (χ1v) is 8.86. The van der Waals surface area contributed by atoms with Gasteiger partial charge in [0.1, 0.15) is 6.10 Å². The number of rotatable bonds is 13. The second-order valence-electron chi connectivity index (χ2n) is 6.78. The highest BCUT2D eigenvalue weighted by Gasteiger charge is 2.75. The molecule has 0 amide bonds. The lowest BCUT2D eigenvalue weighted by Crippen LogP contribution is -2.59. The summed E-state index contributed by atoms with van der Waals surface area (Å²) in [6, 6.07) is 0. The molecule has 0 fully saturated rings. The summed E-state index contributed by atoms with van der Waals surface area (Å²) in [5, 5.41) is 0. The van der Waals surface area contributed by atoms with Crippen LogP contribution in [-0.4, -0.2) is 48.8 Å². The minimum absolute atomic E-state index is 0.0409. The second-order valence-corrected chi connectivity index (χ2v) is 6.78. The first-order valence-electron chi connectivity index (χ1n) is 8.86. The second kappa shape index (κ2) is 11.0. The number of carbonyl (C=O) groups is 2. The van der Waals surface area contributed by atoms with Crippen molar-refractivity contribution in [2.75, 3.05) is 6.61 Å². The summed E-state index contributed by atoms with van der Waals surface area (Å²) < 4.78 is 111. The first-order chi connectivity index (χ1) is 13.1. The summed E-state index contributed by atoms with van der Waals surface area (Å²) in [5.41, 5.74) is 0. The van der Waals surface area contributed by atoms with Crippen LogP contribution in [0.5, 0.6) is 0 Å². The van der Waals surface area contributed by atoms with E-state index in [4.69, 9.17) is 4.74 Å². The number of esters is 2. The zero-order valence-electron chi connectivity index (χ0n) is 16.1. The molecule has 172 valence electrons. The van der Waals surface area contributed by atoms with Crippen LogP contribution < -0.4 is 0 Å². The van der Waals surface area contributed by atoms with E-state index in [0.717, 1.165) is 6.42 Å². The summed E-state index contributed by atoms with van der Waals surface area (Å²) in [4.78, 5) is 23.0. The van der Waals surface area contributed by atoms with Gasteiger partial charge in [-0.05, 0) is 18.8 Å². The van der Waals surface area contributed by atoms with Crippen molar-refractivity contribution < 1.29 is 54.2 Å². The van der Waals surface area contributed by atoms with Gasteiger partial charge in [0.25, 0.3) is 0 Å². The van der Waals surface area contributed by atoms with Gasteiger partial charge in [-0.15, -0.1) is 0 Å². The summed E-state index contributed by atoms with van der Waals surface area (Å²) in [7, 11) is 0. The van der Waals surface area contributed by atoms with Gasteiger partial charge in [-0.1, -0.05) is 27.2 Å². The highest BCUT2D eigenvalue weighted by molar-refractivity contribution is 5.72. The van der Waals surface area contributed by atoms with Crippen molar-refractivity contribution in [2.24, 2.45) is 5.92 Å². The van der Waals surface area contributed by atoms with Crippen molar-refractivity contribution >= 4 is 11.9 Å². The lowest BCUT2D eigenvalue weighted by Gasteiger charge is -2.31. The quantitative estimate of drug-likeness (QED) is 0.288. The molecule has 0 spiro atoms. The van der Waals surface area contributed by atoms with Crippen LogP contribution in [-0.2, 0) is 19.1 Å². The Morgan fingerprint density at radius 3 is 1.90 bits per heavy atom. The molecular weight excluding hydrogens is 420 g/mol. The van der Waals surface area contributed by atoms with E-state index in [0.29, 0.717) is 6.42 Å². The largest absolute Gasteiger partial charge is 0.462 e. The lowest BCUT2D eigenvalue weighted by atomic mass is 10.0. The van der Waals surface area contributed by atoms with E-state index < -0.39 is 49.2 Å². The van der Waals surface area contributed by atoms with Crippen LogP contribution in [0, 0.1) is 5.92 Å². The van der Waals surface area contributed by atoms with Gasteiger partial charge in [-0.3, -0.25) is 9.59 Å². The number of ether oxygens (including phenoxy) is 2. The summed E-state index contributed by atoms with van der Waals surface area (Å²) >= 11 is 0. The SMILES string of the molecule is CCCC(OC(=O)CCCC(=O)OCC(F)(F)C(F)(F)C(F)(F)C(F)F)C(C)C. The molecule has 29 heavy (non-hydrogen) atoms. The fourth-order valence-electron chi connectivity index (χ4n) is 2.13. The van der Waals surface area contributed by atoms with Crippen molar-refractivity contribution in [3.05, 3.63) is 0 Å². The number of halogens is 8. The Balaban J connectivity index is 4.54. The van der Waals surface area contributed by atoms with Crippen LogP contribution in [0.1, 0.15) is 52.9 Å². The van der Waals surface area contributed by atoms with Crippen LogP contribution in [0.2, 0.25) is 0 Å². The number of carbonyl (C=O) groups excluding carboxylic acids is 2. The van der Waals surface area contributed by atoms with Gasteiger partial charge in [0.15, 0.2) is 6.61 Å². The summed E-state index contributed by atoms with van der Waals surface area (Å²) in [6.45, 7) is 3.03.